The maximum absolute atomic E-state index is 12.6. The molecule has 0 N–H and O–H groups in total. The van der Waals surface area contributed by atoms with E-state index < -0.39 is 17.8 Å². The standard InChI is InChI=1S/C17H12Cl2N2O4/c1-25-13-6-4-12(5-7-13)21-16(23)15(22)20(17(21)24)9-10-2-3-11(18)8-14(10)19/h2-8H,9H2,1H3. The van der Waals surface area contributed by atoms with Gasteiger partial charge in [0.2, 0.25) is 0 Å². The highest BCUT2D eigenvalue weighted by atomic mass is 35.5. The molecule has 1 fully saturated rings. The van der Waals surface area contributed by atoms with Gasteiger partial charge < -0.3 is 4.74 Å². The van der Waals surface area contributed by atoms with Crippen LogP contribution in [0.5, 0.6) is 5.75 Å². The molecule has 2 aromatic carbocycles. The molecule has 4 amide bonds. The van der Waals surface area contributed by atoms with Gasteiger partial charge >= 0.3 is 17.8 Å². The van der Waals surface area contributed by atoms with Crippen molar-refractivity contribution in [2.45, 2.75) is 6.54 Å². The Hall–Kier alpha value is -2.57. The zero-order chi connectivity index (χ0) is 18.1. The topological polar surface area (TPSA) is 66.9 Å². The van der Waals surface area contributed by atoms with E-state index in [0.29, 0.717) is 21.4 Å². The van der Waals surface area contributed by atoms with Crippen LogP contribution in [0.2, 0.25) is 10.0 Å². The third-order valence-electron chi connectivity index (χ3n) is 3.73. The van der Waals surface area contributed by atoms with Crippen LogP contribution in [0, 0.1) is 0 Å². The van der Waals surface area contributed by atoms with Crippen molar-refractivity contribution < 1.29 is 19.1 Å². The molecular formula is C17H12Cl2N2O4. The van der Waals surface area contributed by atoms with Crippen LogP contribution in [-0.2, 0) is 16.1 Å². The van der Waals surface area contributed by atoms with Crippen molar-refractivity contribution in [1.82, 2.24) is 4.90 Å². The van der Waals surface area contributed by atoms with Gasteiger partial charge in [0.1, 0.15) is 5.75 Å². The van der Waals surface area contributed by atoms with Crippen LogP contribution in [0.25, 0.3) is 0 Å². The van der Waals surface area contributed by atoms with Crippen molar-refractivity contribution in [3.05, 3.63) is 58.1 Å². The number of benzene rings is 2. The van der Waals surface area contributed by atoms with E-state index in [-0.39, 0.29) is 12.2 Å². The molecule has 1 aliphatic rings. The first-order valence-corrected chi connectivity index (χ1v) is 7.96. The second-order valence-electron chi connectivity index (χ2n) is 5.25. The molecule has 0 unspecified atom stereocenters. The number of urea groups is 1. The number of hydrogen-bond acceptors (Lipinski definition) is 4. The lowest BCUT2D eigenvalue weighted by molar-refractivity contribution is -0.139. The molecule has 8 heteroatoms. The van der Waals surface area contributed by atoms with Crippen LogP contribution < -0.4 is 9.64 Å². The van der Waals surface area contributed by atoms with E-state index in [1.807, 2.05) is 0 Å². The molecule has 0 aliphatic carbocycles. The summed E-state index contributed by atoms with van der Waals surface area (Å²) in [5, 5.41) is 0.743. The van der Waals surface area contributed by atoms with Crippen LogP contribution in [0.15, 0.2) is 42.5 Å². The molecule has 0 atom stereocenters. The monoisotopic (exact) mass is 378 g/mol. The summed E-state index contributed by atoms with van der Waals surface area (Å²) < 4.78 is 5.04. The lowest BCUT2D eigenvalue weighted by Crippen LogP contribution is -2.33. The van der Waals surface area contributed by atoms with Gasteiger partial charge in [0, 0.05) is 10.0 Å². The Morgan fingerprint density at radius 3 is 2.24 bits per heavy atom. The molecule has 1 aliphatic heterocycles. The Balaban J connectivity index is 1.88. The van der Waals surface area contributed by atoms with Crippen molar-refractivity contribution in [2.24, 2.45) is 0 Å². The molecule has 2 aromatic rings. The van der Waals surface area contributed by atoms with Gasteiger partial charge in [-0.1, -0.05) is 29.3 Å². The molecule has 0 spiro atoms. The fourth-order valence-corrected chi connectivity index (χ4v) is 2.89. The predicted molar refractivity (Wildman–Crippen MR) is 92.9 cm³/mol. The van der Waals surface area contributed by atoms with Crippen molar-refractivity contribution in [1.29, 1.82) is 0 Å². The fraction of sp³-hybridized carbons (Fsp3) is 0.118. The van der Waals surface area contributed by atoms with Crippen molar-refractivity contribution >= 4 is 46.7 Å². The highest BCUT2D eigenvalue weighted by molar-refractivity contribution is 6.52. The number of anilines is 1. The van der Waals surface area contributed by atoms with Gasteiger partial charge in [-0.05, 0) is 42.0 Å². The van der Waals surface area contributed by atoms with Crippen LogP contribution in [0.4, 0.5) is 10.5 Å². The number of halogens is 2. The number of methoxy groups -OCH3 is 1. The van der Waals surface area contributed by atoms with Gasteiger partial charge in [0.25, 0.3) is 0 Å². The Labute approximate surface area is 153 Å². The van der Waals surface area contributed by atoms with Crippen LogP contribution >= 0.6 is 23.2 Å². The Morgan fingerprint density at radius 2 is 1.64 bits per heavy atom. The maximum Gasteiger partial charge on any atom is 0.339 e. The molecule has 0 aromatic heterocycles. The van der Waals surface area contributed by atoms with E-state index in [2.05, 4.69) is 0 Å². The molecule has 1 heterocycles. The first kappa shape index (κ1) is 17.3. The second kappa shape index (κ2) is 6.74. The predicted octanol–water partition coefficient (Wildman–Crippen LogP) is 3.50. The largest absolute Gasteiger partial charge is 0.497 e. The highest BCUT2D eigenvalue weighted by Crippen LogP contribution is 2.28. The number of hydrogen-bond donors (Lipinski definition) is 0. The second-order valence-corrected chi connectivity index (χ2v) is 6.09. The Kier molecular flexibility index (Phi) is 4.65. The number of rotatable bonds is 4. The smallest absolute Gasteiger partial charge is 0.339 e. The summed E-state index contributed by atoms with van der Waals surface area (Å²) >= 11 is 11.9. The summed E-state index contributed by atoms with van der Waals surface area (Å²) in [6, 6.07) is 10.2. The fourth-order valence-electron chi connectivity index (χ4n) is 2.42. The van der Waals surface area contributed by atoms with E-state index in [1.165, 1.54) is 25.3 Å². The van der Waals surface area contributed by atoms with Gasteiger partial charge in [0.05, 0.1) is 19.3 Å². The molecule has 0 bridgehead atoms. The number of imide groups is 2. The first-order valence-electron chi connectivity index (χ1n) is 7.20. The summed E-state index contributed by atoms with van der Waals surface area (Å²) in [6.45, 7) is -0.119. The van der Waals surface area contributed by atoms with E-state index in [0.717, 1.165) is 9.80 Å². The minimum atomic E-state index is -0.916. The van der Waals surface area contributed by atoms with Gasteiger partial charge in [-0.15, -0.1) is 0 Å². The molecule has 3 rings (SSSR count). The van der Waals surface area contributed by atoms with Gasteiger partial charge in [-0.2, -0.15) is 0 Å². The molecule has 128 valence electrons. The van der Waals surface area contributed by atoms with Crippen molar-refractivity contribution in [3.8, 4) is 5.75 Å². The molecular weight excluding hydrogens is 367 g/mol. The minimum Gasteiger partial charge on any atom is -0.497 e. The zero-order valence-corrected chi connectivity index (χ0v) is 14.5. The van der Waals surface area contributed by atoms with Crippen LogP contribution in [0.1, 0.15) is 5.56 Å². The molecule has 1 saturated heterocycles. The summed E-state index contributed by atoms with van der Waals surface area (Å²) in [6.07, 6.45) is 0. The SMILES string of the molecule is COc1ccc(N2C(=O)C(=O)N(Cc3ccc(Cl)cc3Cl)C2=O)cc1. The third-order valence-corrected chi connectivity index (χ3v) is 4.31. The average Bonchev–Trinajstić information content (AvgIpc) is 2.81. The number of amides is 4. The van der Waals surface area contributed by atoms with E-state index >= 15 is 0 Å². The van der Waals surface area contributed by atoms with Crippen molar-refractivity contribution in [2.75, 3.05) is 12.0 Å². The number of ether oxygens (including phenoxy) is 1. The molecule has 0 radical (unpaired) electrons. The lowest BCUT2D eigenvalue weighted by Gasteiger charge is -2.16. The Bertz CT molecular complexity index is 867. The van der Waals surface area contributed by atoms with Gasteiger partial charge in [-0.25, -0.2) is 9.69 Å². The Morgan fingerprint density at radius 1 is 0.960 bits per heavy atom. The molecule has 25 heavy (non-hydrogen) atoms. The summed E-state index contributed by atoms with van der Waals surface area (Å²) in [4.78, 5) is 38.7. The maximum atomic E-state index is 12.6. The lowest BCUT2D eigenvalue weighted by atomic mass is 10.2. The van der Waals surface area contributed by atoms with E-state index in [4.69, 9.17) is 27.9 Å². The quantitative estimate of drug-likeness (QED) is 0.603. The average molecular weight is 379 g/mol. The summed E-state index contributed by atoms with van der Waals surface area (Å²) in [7, 11) is 1.50. The first-order chi connectivity index (χ1) is 11.9. The van der Waals surface area contributed by atoms with Crippen LogP contribution in [-0.4, -0.2) is 29.9 Å². The van der Waals surface area contributed by atoms with Gasteiger partial charge in [-0.3, -0.25) is 14.5 Å². The minimum absolute atomic E-state index is 0.119. The van der Waals surface area contributed by atoms with Crippen LogP contribution in [0.3, 0.4) is 0 Å². The number of carbonyl (C=O) groups is 3. The van der Waals surface area contributed by atoms with E-state index in [9.17, 15) is 14.4 Å². The molecule has 0 saturated carbocycles. The highest BCUT2D eigenvalue weighted by Gasteiger charge is 2.45. The van der Waals surface area contributed by atoms with E-state index in [1.54, 1.807) is 24.3 Å². The van der Waals surface area contributed by atoms with Crippen molar-refractivity contribution in [3.63, 3.8) is 0 Å². The molecule has 6 nitrogen and oxygen atoms in total. The zero-order valence-electron chi connectivity index (χ0n) is 13.0. The normalized spacial score (nSPS) is 14.4. The number of carbonyl (C=O) groups excluding carboxylic acids is 3. The van der Waals surface area contributed by atoms with Gasteiger partial charge in [0.15, 0.2) is 0 Å². The third kappa shape index (κ3) is 3.18. The summed E-state index contributed by atoms with van der Waals surface area (Å²) in [5.41, 5.74) is 0.797. The number of nitrogens with zero attached hydrogens (tertiary/aromatic N) is 2. The summed E-state index contributed by atoms with van der Waals surface area (Å²) in [5.74, 6) is -1.26.